The highest BCUT2D eigenvalue weighted by Crippen LogP contribution is 2.48. The summed E-state index contributed by atoms with van der Waals surface area (Å²) in [7, 11) is 0. The van der Waals surface area contributed by atoms with Gasteiger partial charge in [0.2, 0.25) is 0 Å². The number of nitrogens with two attached hydrogens (primary N) is 1. The highest BCUT2D eigenvalue weighted by Gasteiger charge is 2.38. The fourth-order valence-electron chi connectivity index (χ4n) is 2.09. The molecule has 1 aliphatic carbocycles. The van der Waals surface area contributed by atoms with Crippen molar-refractivity contribution in [3.63, 3.8) is 0 Å². The molecule has 1 fully saturated rings. The third-order valence-corrected chi connectivity index (χ3v) is 3.01. The maximum Gasteiger partial charge on any atom is 0.181 e. The van der Waals surface area contributed by atoms with E-state index in [-0.39, 0.29) is 0 Å². The van der Waals surface area contributed by atoms with Crippen LogP contribution in [0.3, 0.4) is 0 Å². The van der Waals surface area contributed by atoms with Gasteiger partial charge in [0.15, 0.2) is 12.0 Å². The normalized spacial score (nSPS) is 25.5. The molecule has 0 saturated heterocycles. The van der Waals surface area contributed by atoms with Gasteiger partial charge in [-0.15, -0.1) is 0 Å². The topological polar surface area (TPSA) is 52.0 Å². The molecular weight excluding hydrogens is 176 g/mol. The first kappa shape index (κ1) is 8.00. The van der Waals surface area contributed by atoms with E-state index in [2.05, 4.69) is 11.1 Å². The molecular formula is C11H12N2O. The SMILES string of the molecule is NC[C@@H]1C[C@H]1c1cccc2ncoc12. The van der Waals surface area contributed by atoms with Crippen LogP contribution >= 0.6 is 0 Å². The molecule has 0 amide bonds. The minimum Gasteiger partial charge on any atom is -0.443 e. The molecule has 1 aromatic heterocycles. The molecule has 72 valence electrons. The van der Waals surface area contributed by atoms with Gasteiger partial charge in [0.05, 0.1) is 0 Å². The van der Waals surface area contributed by atoms with Gasteiger partial charge in [-0.3, -0.25) is 0 Å². The summed E-state index contributed by atoms with van der Waals surface area (Å²) in [4.78, 5) is 4.14. The monoisotopic (exact) mass is 188 g/mol. The lowest BCUT2D eigenvalue weighted by atomic mass is 10.1. The number of oxazole rings is 1. The molecule has 3 rings (SSSR count). The van der Waals surface area contributed by atoms with E-state index in [0.717, 1.165) is 17.6 Å². The summed E-state index contributed by atoms with van der Waals surface area (Å²) in [5, 5.41) is 0. The maximum absolute atomic E-state index is 5.63. The van der Waals surface area contributed by atoms with Crippen LogP contribution in [0.1, 0.15) is 17.9 Å². The molecule has 2 aromatic rings. The quantitative estimate of drug-likeness (QED) is 0.783. The molecule has 1 aromatic carbocycles. The predicted octanol–water partition coefficient (Wildman–Crippen LogP) is 1.89. The lowest BCUT2D eigenvalue weighted by Crippen LogP contribution is -2.01. The van der Waals surface area contributed by atoms with Crippen LogP contribution in [0.2, 0.25) is 0 Å². The van der Waals surface area contributed by atoms with Crippen molar-refractivity contribution in [3.05, 3.63) is 30.2 Å². The molecule has 2 N–H and O–H groups in total. The van der Waals surface area contributed by atoms with Crippen molar-refractivity contribution in [3.8, 4) is 0 Å². The van der Waals surface area contributed by atoms with Crippen LogP contribution in [0.4, 0.5) is 0 Å². The summed E-state index contributed by atoms with van der Waals surface area (Å²) in [6.45, 7) is 0.773. The van der Waals surface area contributed by atoms with E-state index in [9.17, 15) is 0 Å². The second-order valence-electron chi connectivity index (χ2n) is 3.89. The van der Waals surface area contributed by atoms with Gasteiger partial charge in [0.1, 0.15) is 5.52 Å². The van der Waals surface area contributed by atoms with Crippen molar-refractivity contribution in [2.24, 2.45) is 11.7 Å². The summed E-state index contributed by atoms with van der Waals surface area (Å²) in [6, 6.07) is 6.13. The van der Waals surface area contributed by atoms with E-state index >= 15 is 0 Å². The molecule has 3 nitrogen and oxygen atoms in total. The third kappa shape index (κ3) is 1.06. The Bertz CT molecular complexity index is 463. The zero-order chi connectivity index (χ0) is 9.54. The van der Waals surface area contributed by atoms with Crippen LogP contribution in [-0.2, 0) is 0 Å². The van der Waals surface area contributed by atoms with Gasteiger partial charge in [-0.2, -0.15) is 0 Å². The van der Waals surface area contributed by atoms with Gasteiger partial charge >= 0.3 is 0 Å². The Kier molecular flexibility index (Phi) is 1.61. The van der Waals surface area contributed by atoms with Gasteiger partial charge in [-0.1, -0.05) is 12.1 Å². The van der Waals surface area contributed by atoms with Crippen LogP contribution < -0.4 is 5.73 Å². The Hall–Kier alpha value is -1.35. The Morgan fingerprint density at radius 1 is 1.50 bits per heavy atom. The number of benzene rings is 1. The number of para-hydroxylation sites is 1. The lowest BCUT2D eigenvalue weighted by Gasteiger charge is -1.98. The number of fused-ring (bicyclic) bond motifs is 1. The van der Waals surface area contributed by atoms with E-state index in [0.29, 0.717) is 11.8 Å². The Labute approximate surface area is 81.9 Å². The smallest absolute Gasteiger partial charge is 0.181 e. The van der Waals surface area contributed by atoms with E-state index in [1.165, 1.54) is 18.4 Å². The van der Waals surface area contributed by atoms with Gasteiger partial charge < -0.3 is 10.2 Å². The average Bonchev–Trinajstić information content (AvgIpc) is 2.85. The summed E-state index contributed by atoms with van der Waals surface area (Å²) in [5.74, 6) is 1.24. The third-order valence-electron chi connectivity index (χ3n) is 3.01. The van der Waals surface area contributed by atoms with E-state index in [1.807, 2.05) is 12.1 Å². The van der Waals surface area contributed by atoms with Crippen molar-refractivity contribution >= 4 is 11.1 Å². The van der Waals surface area contributed by atoms with Gasteiger partial charge in [-0.25, -0.2) is 4.98 Å². The first-order valence-corrected chi connectivity index (χ1v) is 4.92. The molecule has 1 heterocycles. The Morgan fingerprint density at radius 3 is 3.21 bits per heavy atom. The number of nitrogens with zero attached hydrogens (tertiary/aromatic N) is 1. The zero-order valence-electron chi connectivity index (χ0n) is 7.81. The summed E-state index contributed by atoms with van der Waals surface area (Å²) in [6.07, 6.45) is 2.70. The molecule has 3 heteroatoms. The number of hydrogen-bond donors (Lipinski definition) is 1. The fraction of sp³-hybridized carbons (Fsp3) is 0.364. The van der Waals surface area contributed by atoms with E-state index < -0.39 is 0 Å². The molecule has 0 aliphatic heterocycles. The number of hydrogen-bond acceptors (Lipinski definition) is 3. The largest absolute Gasteiger partial charge is 0.443 e. The van der Waals surface area contributed by atoms with Crippen LogP contribution in [0.25, 0.3) is 11.1 Å². The van der Waals surface area contributed by atoms with Gasteiger partial charge in [0, 0.05) is 5.56 Å². The predicted molar refractivity (Wildman–Crippen MR) is 53.9 cm³/mol. The van der Waals surface area contributed by atoms with E-state index in [4.69, 9.17) is 10.2 Å². The molecule has 1 aliphatic rings. The van der Waals surface area contributed by atoms with Crippen molar-refractivity contribution in [2.75, 3.05) is 6.54 Å². The average molecular weight is 188 g/mol. The van der Waals surface area contributed by atoms with Crippen molar-refractivity contribution in [1.29, 1.82) is 0 Å². The highest BCUT2D eigenvalue weighted by atomic mass is 16.3. The first-order chi connectivity index (χ1) is 6.90. The summed E-state index contributed by atoms with van der Waals surface area (Å²) < 4.78 is 5.39. The minimum atomic E-state index is 0.594. The van der Waals surface area contributed by atoms with Crippen molar-refractivity contribution in [1.82, 2.24) is 4.98 Å². The first-order valence-electron chi connectivity index (χ1n) is 4.92. The maximum atomic E-state index is 5.63. The second-order valence-corrected chi connectivity index (χ2v) is 3.89. The van der Waals surface area contributed by atoms with Crippen molar-refractivity contribution in [2.45, 2.75) is 12.3 Å². The fourth-order valence-corrected chi connectivity index (χ4v) is 2.09. The molecule has 14 heavy (non-hydrogen) atoms. The molecule has 0 bridgehead atoms. The summed E-state index contributed by atoms with van der Waals surface area (Å²) >= 11 is 0. The standard InChI is InChI=1S/C11H12N2O/c12-5-7-4-9(7)8-2-1-3-10-11(8)14-6-13-10/h1-3,6-7,9H,4-5,12H2/t7-,9+/m0/s1. The Morgan fingerprint density at radius 2 is 2.43 bits per heavy atom. The molecule has 0 spiro atoms. The number of aromatic nitrogens is 1. The van der Waals surface area contributed by atoms with Crippen LogP contribution in [-0.4, -0.2) is 11.5 Å². The van der Waals surface area contributed by atoms with Crippen LogP contribution in [0.15, 0.2) is 29.0 Å². The van der Waals surface area contributed by atoms with Gasteiger partial charge in [0.25, 0.3) is 0 Å². The summed E-state index contributed by atoms with van der Waals surface area (Å²) in [5.41, 5.74) is 8.80. The van der Waals surface area contributed by atoms with E-state index in [1.54, 1.807) is 0 Å². The molecule has 2 atom stereocenters. The highest BCUT2D eigenvalue weighted by molar-refractivity contribution is 5.77. The van der Waals surface area contributed by atoms with Crippen LogP contribution in [0.5, 0.6) is 0 Å². The number of rotatable bonds is 2. The lowest BCUT2D eigenvalue weighted by molar-refractivity contribution is 0.597. The van der Waals surface area contributed by atoms with Crippen molar-refractivity contribution < 1.29 is 4.42 Å². The zero-order valence-corrected chi connectivity index (χ0v) is 7.81. The molecule has 0 radical (unpaired) electrons. The second kappa shape index (κ2) is 2.82. The molecule has 1 saturated carbocycles. The Balaban J connectivity index is 2.08. The minimum absolute atomic E-state index is 0.594. The van der Waals surface area contributed by atoms with Gasteiger partial charge in [-0.05, 0) is 30.9 Å². The van der Waals surface area contributed by atoms with Crippen LogP contribution in [0, 0.1) is 5.92 Å². The molecule has 0 unspecified atom stereocenters.